The van der Waals surface area contributed by atoms with Crippen molar-refractivity contribution < 1.29 is 4.74 Å². The first-order valence-corrected chi connectivity index (χ1v) is 6.34. The van der Waals surface area contributed by atoms with Gasteiger partial charge in [-0.1, -0.05) is 28.1 Å². The van der Waals surface area contributed by atoms with Crippen molar-refractivity contribution in [3.05, 3.63) is 46.2 Å². The number of halogens is 1. The molecular formula is C13H14BrN3O. The Morgan fingerprint density at radius 3 is 2.61 bits per heavy atom. The van der Waals surface area contributed by atoms with E-state index in [1.807, 2.05) is 19.1 Å². The predicted octanol–water partition coefficient (Wildman–Crippen LogP) is 3.17. The normalized spacial score (nSPS) is 10.2. The van der Waals surface area contributed by atoms with E-state index in [9.17, 15) is 0 Å². The van der Waals surface area contributed by atoms with E-state index in [1.165, 1.54) is 5.56 Å². The molecule has 0 saturated heterocycles. The molecule has 0 fully saturated rings. The molecule has 0 amide bonds. The highest BCUT2D eigenvalue weighted by Crippen LogP contribution is 2.15. The number of ether oxygens (including phenoxy) is 1. The van der Waals surface area contributed by atoms with Crippen LogP contribution in [0.5, 0.6) is 5.88 Å². The summed E-state index contributed by atoms with van der Waals surface area (Å²) < 4.78 is 6.18. The molecule has 0 aliphatic rings. The molecule has 2 aromatic rings. The number of anilines is 1. The molecule has 0 unspecified atom stereocenters. The Labute approximate surface area is 115 Å². The summed E-state index contributed by atoms with van der Waals surface area (Å²) in [6, 6.07) is 9.93. The maximum atomic E-state index is 5.11. The average molecular weight is 308 g/mol. The smallest absolute Gasteiger partial charge is 0.218 e. The predicted molar refractivity (Wildman–Crippen MR) is 74.8 cm³/mol. The third-order valence-electron chi connectivity index (χ3n) is 2.41. The highest BCUT2D eigenvalue weighted by Gasteiger charge is 2.01. The number of hydrogen-bond acceptors (Lipinski definition) is 4. The summed E-state index contributed by atoms with van der Waals surface area (Å²) >= 11 is 3.41. The Morgan fingerprint density at radius 1 is 1.22 bits per heavy atom. The summed E-state index contributed by atoms with van der Waals surface area (Å²) in [6.07, 6.45) is 0. The lowest BCUT2D eigenvalue weighted by Crippen LogP contribution is -2.04. The van der Waals surface area contributed by atoms with E-state index in [-0.39, 0.29) is 0 Å². The van der Waals surface area contributed by atoms with Crippen LogP contribution in [0.3, 0.4) is 0 Å². The molecule has 0 atom stereocenters. The maximum absolute atomic E-state index is 5.11. The summed E-state index contributed by atoms with van der Waals surface area (Å²) in [5.74, 6) is 2.02. The number of aromatic nitrogens is 2. The molecule has 0 bridgehead atoms. The molecule has 1 N–H and O–H groups in total. The lowest BCUT2D eigenvalue weighted by atomic mass is 10.2. The van der Waals surface area contributed by atoms with Crippen LogP contribution in [0.1, 0.15) is 11.4 Å². The van der Waals surface area contributed by atoms with Gasteiger partial charge in [0.1, 0.15) is 11.6 Å². The number of hydrogen-bond donors (Lipinski definition) is 1. The molecule has 1 aromatic carbocycles. The molecule has 18 heavy (non-hydrogen) atoms. The third-order valence-corrected chi connectivity index (χ3v) is 2.94. The Morgan fingerprint density at radius 2 is 1.94 bits per heavy atom. The summed E-state index contributed by atoms with van der Waals surface area (Å²) in [5, 5.41) is 3.25. The average Bonchev–Trinajstić information content (AvgIpc) is 2.37. The van der Waals surface area contributed by atoms with Crippen LogP contribution >= 0.6 is 15.9 Å². The Balaban J connectivity index is 2.05. The Bertz CT molecular complexity index is 528. The zero-order valence-corrected chi connectivity index (χ0v) is 11.9. The molecule has 1 heterocycles. The van der Waals surface area contributed by atoms with Gasteiger partial charge in [-0.3, -0.25) is 0 Å². The Hall–Kier alpha value is -1.62. The number of rotatable bonds is 4. The molecular weight excluding hydrogens is 294 g/mol. The lowest BCUT2D eigenvalue weighted by molar-refractivity contribution is 0.396. The van der Waals surface area contributed by atoms with Crippen molar-refractivity contribution in [1.82, 2.24) is 9.97 Å². The fourth-order valence-corrected chi connectivity index (χ4v) is 1.79. The minimum atomic E-state index is 0.570. The second-order valence-electron chi connectivity index (χ2n) is 3.82. The van der Waals surface area contributed by atoms with Crippen molar-refractivity contribution in [3.63, 3.8) is 0 Å². The van der Waals surface area contributed by atoms with Crippen molar-refractivity contribution >= 4 is 21.7 Å². The summed E-state index contributed by atoms with van der Waals surface area (Å²) in [4.78, 5) is 8.44. The van der Waals surface area contributed by atoms with Gasteiger partial charge in [0.05, 0.1) is 7.11 Å². The highest BCUT2D eigenvalue weighted by molar-refractivity contribution is 9.10. The van der Waals surface area contributed by atoms with Crippen LogP contribution in [0.4, 0.5) is 5.82 Å². The molecule has 2 rings (SSSR count). The topological polar surface area (TPSA) is 47.0 Å². The molecule has 5 heteroatoms. The molecule has 94 valence electrons. The van der Waals surface area contributed by atoms with E-state index in [1.54, 1.807) is 13.2 Å². The fourth-order valence-electron chi connectivity index (χ4n) is 1.53. The number of nitrogens with one attached hydrogen (secondary N) is 1. The van der Waals surface area contributed by atoms with E-state index in [0.29, 0.717) is 18.2 Å². The molecule has 0 spiro atoms. The van der Waals surface area contributed by atoms with Crippen molar-refractivity contribution in [2.45, 2.75) is 13.5 Å². The van der Waals surface area contributed by atoms with Crippen LogP contribution in [-0.4, -0.2) is 17.1 Å². The van der Waals surface area contributed by atoms with Gasteiger partial charge in [0.15, 0.2) is 0 Å². The minimum absolute atomic E-state index is 0.570. The van der Waals surface area contributed by atoms with E-state index < -0.39 is 0 Å². The van der Waals surface area contributed by atoms with Crippen molar-refractivity contribution in [3.8, 4) is 5.88 Å². The monoisotopic (exact) mass is 307 g/mol. The van der Waals surface area contributed by atoms with Gasteiger partial charge >= 0.3 is 0 Å². The molecule has 1 aromatic heterocycles. The molecule has 0 radical (unpaired) electrons. The van der Waals surface area contributed by atoms with Gasteiger partial charge in [-0.05, 0) is 24.6 Å². The third kappa shape index (κ3) is 3.43. The summed E-state index contributed by atoms with van der Waals surface area (Å²) in [6.45, 7) is 2.56. The van der Waals surface area contributed by atoms with Gasteiger partial charge in [0.25, 0.3) is 0 Å². The second kappa shape index (κ2) is 5.82. The lowest BCUT2D eigenvalue weighted by Gasteiger charge is -2.08. The van der Waals surface area contributed by atoms with Gasteiger partial charge in [-0.25, -0.2) is 4.98 Å². The van der Waals surface area contributed by atoms with E-state index in [2.05, 4.69) is 43.3 Å². The van der Waals surface area contributed by atoms with Crippen LogP contribution < -0.4 is 10.1 Å². The molecule has 0 saturated carbocycles. The zero-order chi connectivity index (χ0) is 13.0. The van der Waals surface area contributed by atoms with E-state index in [4.69, 9.17) is 4.74 Å². The van der Waals surface area contributed by atoms with E-state index >= 15 is 0 Å². The number of nitrogens with zero attached hydrogens (tertiary/aromatic N) is 2. The SMILES string of the molecule is COc1cc(NCc2ccc(Br)cc2)nc(C)n1. The van der Waals surface area contributed by atoms with Crippen molar-refractivity contribution in [2.24, 2.45) is 0 Å². The maximum Gasteiger partial charge on any atom is 0.218 e. The standard InChI is InChI=1S/C13H14BrN3O/c1-9-16-12(7-13(17-9)18-2)15-8-10-3-5-11(14)6-4-10/h3-7H,8H2,1-2H3,(H,15,16,17). The van der Waals surface area contributed by atoms with Gasteiger partial charge < -0.3 is 10.1 Å². The zero-order valence-electron chi connectivity index (χ0n) is 10.3. The first-order valence-electron chi connectivity index (χ1n) is 5.55. The molecule has 0 aliphatic carbocycles. The summed E-state index contributed by atoms with van der Waals surface area (Å²) in [7, 11) is 1.60. The van der Waals surface area contributed by atoms with Crippen LogP contribution in [0.2, 0.25) is 0 Å². The van der Waals surface area contributed by atoms with Gasteiger partial charge in [-0.15, -0.1) is 0 Å². The highest BCUT2D eigenvalue weighted by atomic mass is 79.9. The molecule has 4 nitrogen and oxygen atoms in total. The van der Waals surface area contributed by atoms with Gasteiger partial charge in [-0.2, -0.15) is 4.98 Å². The second-order valence-corrected chi connectivity index (χ2v) is 4.74. The molecule has 0 aliphatic heterocycles. The first kappa shape index (κ1) is 12.8. The van der Waals surface area contributed by atoms with E-state index in [0.717, 1.165) is 10.3 Å². The largest absolute Gasteiger partial charge is 0.481 e. The van der Waals surface area contributed by atoms with Crippen LogP contribution in [0, 0.1) is 6.92 Å². The summed E-state index contributed by atoms with van der Waals surface area (Å²) in [5.41, 5.74) is 1.19. The van der Waals surface area contributed by atoms with Crippen molar-refractivity contribution in [1.29, 1.82) is 0 Å². The number of benzene rings is 1. The number of aryl methyl sites for hydroxylation is 1. The fraction of sp³-hybridized carbons (Fsp3) is 0.231. The number of methoxy groups -OCH3 is 1. The minimum Gasteiger partial charge on any atom is -0.481 e. The van der Waals surface area contributed by atoms with Crippen LogP contribution in [0.15, 0.2) is 34.8 Å². The van der Waals surface area contributed by atoms with Gasteiger partial charge in [0.2, 0.25) is 5.88 Å². The quantitative estimate of drug-likeness (QED) is 0.942. The van der Waals surface area contributed by atoms with Gasteiger partial charge in [0, 0.05) is 17.1 Å². The van der Waals surface area contributed by atoms with Crippen LogP contribution in [0.25, 0.3) is 0 Å². The van der Waals surface area contributed by atoms with Crippen LogP contribution in [-0.2, 0) is 6.54 Å². The Kier molecular flexibility index (Phi) is 4.15. The first-order chi connectivity index (χ1) is 8.67. The van der Waals surface area contributed by atoms with Crippen molar-refractivity contribution in [2.75, 3.05) is 12.4 Å².